The minimum Gasteiger partial charge on any atom is -0.372 e. The van der Waals surface area contributed by atoms with Crippen LogP contribution in [0.3, 0.4) is 0 Å². The van der Waals surface area contributed by atoms with Crippen LogP contribution in [0.25, 0.3) is 0 Å². The van der Waals surface area contributed by atoms with Gasteiger partial charge in [-0.25, -0.2) is 0 Å². The molecule has 0 spiro atoms. The molecule has 1 aliphatic heterocycles. The highest BCUT2D eigenvalue weighted by atomic mass is 16.3. The largest absolute Gasteiger partial charge is 0.372 e. The molecule has 2 aromatic carbocycles. The van der Waals surface area contributed by atoms with Gasteiger partial charge in [-0.3, -0.25) is 4.79 Å². The van der Waals surface area contributed by atoms with Crippen LogP contribution >= 0.6 is 0 Å². The van der Waals surface area contributed by atoms with Crippen LogP contribution in [-0.2, 0) is 0 Å². The SMILES string of the molecule is N#CC1(O)NC(=O)c2ccccc2NC1c1ccccc1. The first-order chi connectivity index (χ1) is 10.1. The van der Waals surface area contributed by atoms with Crippen molar-refractivity contribution in [1.82, 2.24) is 5.32 Å². The Hall–Kier alpha value is -2.84. The van der Waals surface area contributed by atoms with Gasteiger partial charge in [-0.05, 0) is 17.7 Å². The van der Waals surface area contributed by atoms with Gasteiger partial charge in [-0.1, -0.05) is 42.5 Å². The number of amides is 1. The molecule has 0 aliphatic carbocycles. The van der Waals surface area contributed by atoms with Crippen LogP contribution in [0.1, 0.15) is 22.0 Å². The smallest absolute Gasteiger partial charge is 0.256 e. The molecule has 21 heavy (non-hydrogen) atoms. The Morgan fingerprint density at radius 3 is 2.48 bits per heavy atom. The summed E-state index contributed by atoms with van der Waals surface area (Å²) in [5.41, 5.74) is -0.351. The molecular weight excluding hydrogens is 266 g/mol. The number of nitrogens with one attached hydrogen (secondary N) is 2. The molecule has 2 atom stereocenters. The third-order valence-corrected chi connectivity index (χ3v) is 3.50. The highest BCUT2D eigenvalue weighted by Crippen LogP contribution is 2.32. The molecule has 104 valence electrons. The first-order valence-corrected chi connectivity index (χ1v) is 6.51. The van der Waals surface area contributed by atoms with Crippen LogP contribution in [0.4, 0.5) is 5.69 Å². The summed E-state index contributed by atoms with van der Waals surface area (Å²) in [4.78, 5) is 12.2. The van der Waals surface area contributed by atoms with Crippen molar-refractivity contribution in [3.8, 4) is 6.07 Å². The molecule has 2 aromatic rings. The Morgan fingerprint density at radius 2 is 1.76 bits per heavy atom. The minimum atomic E-state index is -2.03. The molecule has 5 nitrogen and oxygen atoms in total. The average molecular weight is 279 g/mol. The van der Waals surface area contributed by atoms with Gasteiger partial charge in [0.2, 0.25) is 0 Å². The van der Waals surface area contributed by atoms with Crippen molar-refractivity contribution >= 4 is 11.6 Å². The topological polar surface area (TPSA) is 85.2 Å². The van der Waals surface area contributed by atoms with E-state index in [2.05, 4.69) is 10.6 Å². The summed E-state index contributed by atoms with van der Waals surface area (Å²) in [6.45, 7) is 0. The van der Waals surface area contributed by atoms with Gasteiger partial charge in [0.25, 0.3) is 11.6 Å². The number of carbonyl (C=O) groups excluding carboxylic acids is 1. The summed E-state index contributed by atoms with van der Waals surface area (Å²) in [5.74, 6) is -0.486. The van der Waals surface area contributed by atoms with E-state index in [4.69, 9.17) is 0 Å². The number of hydrogen-bond donors (Lipinski definition) is 3. The first kappa shape index (κ1) is 13.2. The number of aliphatic hydroxyl groups is 1. The van der Waals surface area contributed by atoms with Gasteiger partial charge in [-0.2, -0.15) is 5.26 Å². The van der Waals surface area contributed by atoms with E-state index in [1.807, 2.05) is 18.2 Å². The van der Waals surface area contributed by atoms with Crippen LogP contribution in [0.2, 0.25) is 0 Å². The molecule has 0 aromatic heterocycles. The molecule has 5 heteroatoms. The summed E-state index contributed by atoms with van der Waals surface area (Å²) in [7, 11) is 0. The standard InChI is InChI=1S/C16H13N3O2/c17-10-16(21)14(11-6-2-1-3-7-11)18-13-9-5-4-8-12(13)15(20)19-16/h1-9,14,18,21H,(H,19,20). The molecular formula is C16H13N3O2. The van der Waals surface area contributed by atoms with Crippen molar-refractivity contribution in [2.24, 2.45) is 0 Å². The third-order valence-electron chi connectivity index (χ3n) is 3.50. The van der Waals surface area contributed by atoms with E-state index in [-0.39, 0.29) is 0 Å². The van der Waals surface area contributed by atoms with Crippen molar-refractivity contribution < 1.29 is 9.90 Å². The lowest BCUT2D eigenvalue weighted by Crippen LogP contribution is -2.52. The number of anilines is 1. The summed E-state index contributed by atoms with van der Waals surface area (Å²) in [6.07, 6.45) is 0. The van der Waals surface area contributed by atoms with Gasteiger partial charge in [0.1, 0.15) is 12.1 Å². The van der Waals surface area contributed by atoms with Gasteiger partial charge < -0.3 is 15.7 Å². The molecule has 3 rings (SSSR count). The highest BCUT2D eigenvalue weighted by molar-refractivity contribution is 6.01. The zero-order valence-electron chi connectivity index (χ0n) is 11.1. The van der Waals surface area contributed by atoms with Crippen LogP contribution < -0.4 is 10.6 Å². The molecule has 0 fully saturated rings. The Labute approximate surface area is 121 Å². The van der Waals surface area contributed by atoms with Crippen LogP contribution in [0, 0.1) is 11.3 Å². The zero-order valence-corrected chi connectivity index (χ0v) is 11.1. The van der Waals surface area contributed by atoms with Gasteiger partial charge in [0.05, 0.1) is 5.56 Å². The summed E-state index contributed by atoms with van der Waals surface area (Å²) >= 11 is 0. The molecule has 1 aliphatic rings. The molecule has 0 saturated carbocycles. The molecule has 0 saturated heterocycles. The molecule has 0 radical (unpaired) electrons. The van der Waals surface area contributed by atoms with Crippen LogP contribution in [0.5, 0.6) is 0 Å². The fraction of sp³-hybridized carbons (Fsp3) is 0.125. The van der Waals surface area contributed by atoms with E-state index in [0.717, 1.165) is 0 Å². The van der Waals surface area contributed by atoms with E-state index in [0.29, 0.717) is 16.8 Å². The maximum absolute atomic E-state index is 12.2. The van der Waals surface area contributed by atoms with Gasteiger partial charge in [0.15, 0.2) is 0 Å². The van der Waals surface area contributed by atoms with Crippen LogP contribution in [0.15, 0.2) is 54.6 Å². The fourth-order valence-electron chi connectivity index (χ4n) is 2.44. The summed E-state index contributed by atoms with van der Waals surface area (Å²) in [5, 5.41) is 25.4. The van der Waals surface area contributed by atoms with E-state index in [1.54, 1.807) is 42.5 Å². The Kier molecular flexibility index (Phi) is 3.09. The second-order valence-electron chi connectivity index (χ2n) is 4.87. The Bertz CT molecular complexity index is 724. The Morgan fingerprint density at radius 1 is 1.10 bits per heavy atom. The maximum atomic E-state index is 12.2. The lowest BCUT2D eigenvalue weighted by atomic mass is 9.97. The number of fused-ring (bicyclic) bond motifs is 1. The third kappa shape index (κ3) is 2.22. The molecule has 2 unspecified atom stereocenters. The normalized spacial score (nSPS) is 24.0. The molecule has 3 N–H and O–H groups in total. The van der Waals surface area contributed by atoms with Crippen molar-refractivity contribution in [1.29, 1.82) is 5.26 Å². The zero-order chi connectivity index (χ0) is 14.9. The predicted molar refractivity (Wildman–Crippen MR) is 77.3 cm³/mol. The van der Waals surface area contributed by atoms with Crippen LogP contribution in [-0.4, -0.2) is 16.7 Å². The number of benzene rings is 2. The van der Waals surface area contributed by atoms with E-state index in [1.165, 1.54) is 0 Å². The van der Waals surface area contributed by atoms with E-state index in [9.17, 15) is 15.2 Å². The van der Waals surface area contributed by atoms with E-state index < -0.39 is 17.7 Å². The van der Waals surface area contributed by atoms with Gasteiger partial charge in [0, 0.05) is 5.69 Å². The lowest BCUT2D eigenvalue weighted by molar-refractivity contribution is 0.0381. The number of rotatable bonds is 1. The van der Waals surface area contributed by atoms with Crippen molar-refractivity contribution in [3.63, 3.8) is 0 Å². The monoisotopic (exact) mass is 279 g/mol. The number of para-hydroxylation sites is 1. The summed E-state index contributed by atoms with van der Waals surface area (Å²) < 4.78 is 0. The van der Waals surface area contributed by atoms with Gasteiger partial charge >= 0.3 is 0 Å². The lowest BCUT2D eigenvalue weighted by Gasteiger charge is -2.29. The molecule has 1 amide bonds. The van der Waals surface area contributed by atoms with E-state index >= 15 is 0 Å². The second-order valence-corrected chi connectivity index (χ2v) is 4.87. The molecule has 0 bridgehead atoms. The van der Waals surface area contributed by atoms with Crippen molar-refractivity contribution in [3.05, 3.63) is 65.7 Å². The number of nitriles is 1. The first-order valence-electron chi connectivity index (χ1n) is 6.51. The number of hydrogen-bond acceptors (Lipinski definition) is 4. The number of carbonyl (C=O) groups is 1. The molecule has 1 heterocycles. The average Bonchev–Trinajstić information content (AvgIpc) is 2.64. The predicted octanol–water partition coefficient (Wildman–Crippen LogP) is 1.80. The van der Waals surface area contributed by atoms with Crippen molar-refractivity contribution in [2.45, 2.75) is 11.8 Å². The fourth-order valence-corrected chi connectivity index (χ4v) is 2.44. The number of nitrogens with zero attached hydrogens (tertiary/aromatic N) is 1. The minimum absolute atomic E-state index is 0.393. The Balaban J connectivity index is 2.14. The quantitative estimate of drug-likeness (QED) is 0.695. The maximum Gasteiger partial charge on any atom is 0.256 e. The van der Waals surface area contributed by atoms with Gasteiger partial charge in [-0.15, -0.1) is 0 Å². The van der Waals surface area contributed by atoms with Crippen molar-refractivity contribution in [2.75, 3.05) is 5.32 Å². The highest BCUT2D eigenvalue weighted by Gasteiger charge is 2.43. The second kappa shape index (κ2) is 4.93. The summed E-state index contributed by atoms with van der Waals surface area (Å²) in [6, 6.07) is 17.0.